The fourth-order valence-electron chi connectivity index (χ4n) is 1.56. The van der Waals surface area contributed by atoms with Crippen LogP contribution in [0.3, 0.4) is 0 Å². The first-order chi connectivity index (χ1) is 8.19. The van der Waals surface area contributed by atoms with Crippen molar-refractivity contribution in [2.24, 2.45) is 12.8 Å². The summed E-state index contributed by atoms with van der Waals surface area (Å²) in [5, 5.41) is 4.17. The molecule has 0 amide bonds. The third-order valence-electron chi connectivity index (χ3n) is 2.35. The van der Waals surface area contributed by atoms with Gasteiger partial charge < -0.3 is 5.73 Å². The molecule has 1 heterocycles. The van der Waals surface area contributed by atoms with E-state index in [-0.39, 0.29) is 0 Å². The molecule has 90 valence electrons. The summed E-state index contributed by atoms with van der Waals surface area (Å²) >= 11 is 5.22. The number of aromatic nitrogens is 2. The maximum absolute atomic E-state index is 5.63. The predicted molar refractivity (Wildman–Crippen MR) is 74.2 cm³/mol. The van der Waals surface area contributed by atoms with Crippen molar-refractivity contribution in [1.29, 1.82) is 0 Å². The lowest BCUT2D eigenvalue weighted by Crippen LogP contribution is -2.03. The van der Waals surface area contributed by atoms with Crippen LogP contribution in [0.4, 0.5) is 0 Å². The Morgan fingerprint density at radius 2 is 2.29 bits per heavy atom. The molecule has 0 unspecified atom stereocenters. The molecular weight excluding hydrogens is 298 g/mol. The molecule has 3 nitrogen and oxygen atoms in total. The Bertz CT molecular complexity index is 510. The number of nitrogens with two attached hydrogens (primary N) is 1. The van der Waals surface area contributed by atoms with Crippen molar-refractivity contribution in [3.63, 3.8) is 0 Å². The zero-order valence-corrected chi connectivity index (χ0v) is 12.0. The van der Waals surface area contributed by atoms with Crippen LogP contribution in [-0.2, 0) is 13.5 Å². The van der Waals surface area contributed by atoms with Gasteiger partial charge in [-0.3, -0.25) is 4.68 Å². The second kappa shape index (κ2) is 5.71. The van der Waals surface area contributed by atoms with E-state index in [1.165, 1.54) is 10.5 Å². The average molecular weight is 312 g/mol. The molecule has 2 N–H and O–H groups in total. The minimum absolute atomic E-state index is 0.669. The number of halogens is 1. The van der Waals surface area contributed by atoms with Crippen LogP contribution < -0.4 is 5.73 Å². The van der Waals surface area contributed by atoms with Crippen LogP contribution in [0.2, 0.25) is 0 Å². The highest BCUT2D eigenvalue weighted by atomic mass is 79.9. The second-order valence-corrected chi connectivity index (χ2v) is 5.77. The van der Waals surface area contributed by atoms with E-state index >= 15 is 0 Å². The highest BCUT2D eigenvalue weighted by Crippen LogP contribution is 2.32. The summed E-state index contributed by atoms with van der Waals surface area (Å²) < 4.78 is 2.90. The largest absolute Gasteiger partial charge is 0.330 e. The van der Waals surface area contributed by atoms with Crippen LogP contribution in [0.15, 0.2) is 44.9 Å². The van der Waals surface area contributed by atoms with Crippen molar-refractivity contribution >= 4 is 27.7 Å². The fourth-order valence-corrected chi connectivity index (χ4v) is 3.12. The maximum Gasteiger partial charge on any atom is 0.0629 e. The van der Waals surface area contributed by atoms with Crippen LogP contribution in [0.1, 0.15) is 5.56 Å². The number of hydrogen-bond donors (Lipinski definition) is 1. The highest BCUT2D eigenvalue weighted by Gasteiger charge is 2.06. The number of aryl methyl sites for hydroxylation is 1. The van der Waals surface area contributed by atoms with Gasteiger partial charge >= 0.3 is 0 Å². The lowest BCUT2D eigenvalue weighted by atomic mass is 10.1. The highest BCUT2D eigenvalue weighted by molar-refractivity contribution is 9.10. The first kappa shape index (κ1) is 12.7. The van der Waals surface area contributed by atoms with Crippen LogP contribution in [0, 0.1) is 0 Å². The molecule has 0 saturated carbocycles. The molecule has 5 heteroatoms. The van der Waals surface area contributed by atoms with Crippen molar-refractivity contribution in [3.8, 4) is 0 Å². The lowest BCUT2D eigenvalue weighted by molar-refractivity contribution is 0.766. The van der Waals surface area contributed by atoms with E-state index in [1.54, 1.807) is 11.8 Å². The third kappa shape index (κ3) is 3.34. The summed E-state index contributed by atoms with van der Waals surface area (Å²) in [6, 6.07) is 6.30. The van der Waals surface area contributed by atoms with E-state index in [9.17, 15) is 0 Å². The van der Waals surface area contributed by atoms with Crippen molar-refractivity contribution in [2.45, 2.75) is 16.2 Å². The van der Waals surface area contributed by atoms with Crippen LogP contribution in [0.5, 0.6) is 0 Å². The van der Waals surface area contributed by atoms with E-state index in [2.05, 4.69) is 39.2 Å². The number of hydrogen-bond acceptors (Lipinski definition) is 3. The molecule has 17 heavy (non-hydrogen) atoms. The molecule has 0 aliphatic heterocycles. The van der Waals surface area contributed by atoms with Gasteiger partial charge in [-0.2, -0.15) is 5.10 Å². The normalized spacial score (nSPS) is 10.8. The van der Waals surface area contributed by atoms with Gasteiger partial charge in [0.25, 0.3) is 0 Å². The smallest absolute Gasteiger partial charge is 0.0629 e. The molecule has 1 aromatic carbocycles. The van der Waals surface area contributed by atoms with Gasteiger partial charge in [0.05, 0.1) is 11.1 Å². The molecule has 0 radical (unpaired) electrons. The van der Waals surface area contributed by atoms with Gasteiger partial charge in [-0.1, -0.05) is 33.8 Å². The summed E-state index contributed by atoms with van der Waals surface area (Å²) in [6.45, 7) is 0.669. The SMILES string of the molecule is Cn1cc(Sc2cc(Br)ccc2CCN)cn1. The molecule has 2 aromatic rings. The molecule has 0 spiro atoms. The molecule has 0 fully saturated rings. The molecule has 2 rings (SSSR count). The zero-order chi connectivity index (χ0) is 12.3. The topological polar surface area (TPSA) is 43.8 Å². The lowest BCUT2D eigenvalue weighted by Gasteiger charge is -2.07. The van der Waals surface area contributed by atoms with Crippen LogP contribution >= 0.6 is 27.7 Å². The summed E-state index contributed by atoms with van der Waals surface area (Å²) in [5.41, 5.74) is 6.91. The predicted octanol–water partition coefficient (Wildman–Crippen LogP) is 2.84. The van der Waals surface area contributed by atoms with E-state index in [0.717, 1.165) is 15.8 Å². The fraction of sp³-hybridized carbons (Fsp3) is 0.250. The Kier molecular flexibility index (Phi) is 4.25. The van der Waals surface area contributed by atoms with E-state index in [1.807, 2.05) is 24.1 Å². The average Bonchev–Trinajstić information content (AvgIpc) is 2.68. The van der Waals surface area contributed by atoms with Crippen molar-refractivity contribution in [2.75, 3.05) is 6.54 Å². The first-order valence-electron chi connectivity index (χ1n) is 5.34. The Morgan fingerprint density at radius 3 is 2.94 bits per heavy atom. The van der Waals surface area contributed by atoms with E-state index in [0.29, 0.717) is 6.54 Å². The van der Waals surface area contributed by atoms with Gasteiger partial charge in [0.15, 0.2) is 0 Å². The molecule has 0 aliphatic carbocycles. The first-order valence-corrected chi connectivity index (χ1v) is 6.95. The Labute approximate surface area is 114 Å². The zero-order valence-electron chi connectivity index (χ0n) is 9.56. The number of benzene rings is 1. The van der Waals surface area contributed by atoms with E-state index in [4.69, 9.17) is 5.73 Å². The Hall–Kier alpha value is -0.780. The van der Waals surface area contributed by atoms with Crippen LogP contribution in [-0.4, -0.2) is 16.3 Å². The molecule has 0 saturated heterocycles. The quantitative estimate of drug-likeness (QED) is 0.944. The van der Waals surface area contributed by atoms with Gasteiger partial charge in [-0.05, 0) is 30.7 Å². The molecule has 0 atom stereocenters. The van der Waals surface area contributed by atoms with Crippen molar-refractivity contribution in [1.82, 2.24) is 9.78 Å². The summed E-state index contributed by atoms with van der Waals surface area (Å²) in [6.07, 6.45) is 4.78. The van der Waals surface area contributed by atoms with Gasteiger partial charge in [0, 0.05) is 22.6 Å². The standard InChI is InChI=1S/C12H14BrN3S/c1-16-8-11(7-15-16)17-12-6-10(13)3-2-9(12)4-5-14/h2-3,6-8H,4-5,14H2,1H3. The Morgan fingerprint density at radius 1 is 1.47 bits per heavy atom. The van der Waals surface area contributed by atoms with Gasteiger partial charge in [0.2, 0.25) is 0 Å². The Balaban J connectivity index is 2.26. The number of rotatable bonds is 4. The molecule has 0 bridgehead atoms. The second-order valence-electron chi connectivity index (χ2n) is 3.74. The van der Waals surface area contributed by atoms with Crippen molar-refractivity contribution < 1.29 is 0 Å². The molecule has 1 aromatic heterocycles. The maximum atomic E-state index is 5.63. The minimum Gasteiger partial charge on any atom is -0.330 e. The van der Waals surface area contributed by atoms with E-state index < -0.39 is 0 Å². The van der Waals surface area contributed by atoms with Gasteiger partial charge in [-0.25, -0.2) is 0 Å². The van der Waals surface area contributed by atoms with Crippen LogP contribution in [0.25, 0.3) is 0 Å². The summed E-state index contributed by atoms with van der Waals surface area (Å²) in [7, 11) is 1.92. The monoisotopic (exact) mass is 311 g/mol. The minimum atomic E-state index is 0.669. The summed E-state index contributed by atoms with van der Waals surface area (Å²) in [5.74, 6) is 0. The molecular formula is C12H14BrN3S. The number of nitrogens with zero attached hydrogens (tertiary/aromatic N) is 2. The van der Waals surface area contributed by atoms with Gasteiger partial charge in [0.1, 0.15) is 0 Å². The van der Waals surface area contributed by atoms with Crippen molar-refractivity contribution in [3.05, 3.63) is 40.6 Å². The summed E-state index contributed by atoms with van der Waals surface area (Å²) in [4.78, 5) is 2.38. The van der Waals surface area contributed by atoms with Gasteiger partial charge in [-0.15, -0.1) is 0 Å². The third-order valence-corrected chi connectivity index (χ3v) is 3.89. The molecule has 0 aliphatic rings.